The van der Waals surface area contributed by atoms with E-state index in [-0.39, 0.29) is 11.9 Å². The lowest BCUT2D eigenvalue weighted by Gasteiger charge is -2.21. The molecule has 5 heterocycles. The van der Waals surface area contributed by atoms with Crippen molar-refractivity contribution in [2.45, 2.75) is 38.2 Å². The Kier molecular flexibility index (Phi) is 8.64. The van der Waals surface area contributed by atoms with E-state index in [0.29, 0.717) is 0 Å². The van der Waals surface area contributed by atoms with E-state index in [2.05, 4.69) is 20.3 Å². The molecule has 5 rings (SSSR count). The van der Waals surface area contributed by atoms with Crippen molar-refractivity contribution in [3.8, 4) is 22.5 Å². The summed E-state index contributed by atoms with van der Waals surface area (Å²) in [4.78, 5) is 48.8. The standard InChI is InChI=1S/C19H18N6O.2C2HF3O2/c1-11(26)25-9-3-5-15(25)19-23-16-12-6-8-20-10-14(12)22-18-13(17(16)24-19)4-2-7-21-18;2*3-2(4,5)1(6)7/h2,4,6-8,10,15H,3,5,9H2,1H3,(H,21,22)(H,23,24);2*(H,6,7). The molecule has 214 valence electrons. The summed E-state index contributed by atoms with van der Waals surface area (Å²) in [5.74, 6) is -3.83. The molecular weight excluding hydrogens is 554 g/mol. The van der Waals surface area contributed by atoms with Gasteiger partial charge in [-0.1, -0.05) is 0 Å². The molecule has 1 unspecified atom stereocenters. The summed E-state index contributed by atoms with van der Waals surface area (Å²) in [7, 11) is 0. The summed E-state index contributed by atoms with van der Waals surface area (Å²) in [6.07, 6.45) is -2.93. The second-order valence-electron chi connectivity index (χ2n) is 8.27. The van der Waals surface area contributed by atoms with Crippen molar-refractivity contribution in [3.63, 3.8) is 0 Å². The highest BCUT2D eigenvalue weighted by Crippen LogP contribution is 2.43. The van der Waals surface area contributed by atoms with E-state index in [4.69, 9.17) is 24.8 Å². The number of carbonyl (C=O) groups is 3. The van der Waals surface area contributed by atoms with Crippen molar-refractivity contribution in [2.24, 2.45) is 0 Å². The number of H-pyrrole nitrogens is 1. The van der Waals surface area contributed by atoms with Crippen LogP contribution in [0.1, 0.15) is 31.6 Å². The number of carboxylic acid groups (broad SMARTS) is 2. The van der Waals surface area contributed by atoms with Gasteiger partial charge in [0.05, 0.1) is 23.6 Å². The van der Waals surface area contributed by atoms with Crippen LogP contribution in [0.2, 0.25) is 0 Å². The van der Waals surface area contributed by atoms with Crippen LogP contribution in [0.5, 0.6) is 0 Å². The molecule has 3 aromatic heterocycles. The number of imidazole rings is 1. The minimum absolute atomic E-state index is 0.00204. The summed E-state index contributed by atoms with van der Waals surface area (Å²) in [5, 5.41) is 17.6. The van der Waals surface area contributed by atoms with Crippen molar-refractivity contribution in [3.05, 3.63) is 42.6 Å². The van der Waals surface area contributed by atoms with Crippen molar-refractivity contribution in [2.75, 3.05) is 11.9 Å². The number of alkyl halides is 6. The molecule has 0 saturated carbocycles. The first kappa shape index (κ1) is 29.9. The monoisotopic (exact) mass is 574 g/mol. The zero-order chi connectivity index (χ0) is 29.8. The summed E-state index contributed by atoms with van der Waals surface area (Å²) < 4.78 is 63.5. The molecule has 3 aromatic rings. The maximum absolute atomic E-state index is 12.0. The number of aromatic nitrogens is 4. The van der Waals surface area contributed by atoms with Crippen LogP contribution in [0.3, 0.4) is 0 Å². The van der Waals surface area contributed by atoms with Crippen molar-refractivity contribution < 1.29 is 50.9 Å². The van der Waals surface area contributed by atoms with Gasteiger partial charge in [-0.3, -0.25) is 9.78 Å². The fourth-order valence-electron chi connectivity index (χ4n) is 3.90. The predicted octanol–water partition coefficient (Wildman–Crippen LogP) is 4.54. The molecule has 4 N–H and O–H groups in total. The van der Waals surface area contributed by atoms with Gasteiger partial charge >= 0.3 is 24.3 Å². The van der Waals surface area contributed by atoms with Gasteiger partial charge in [0.1, 0.15) is 17.3 Å². The molecule has 1 saturated heterocycles. The molecule has 11 nitrogen and oxygen atoms in total. The van der Waals surface area contributed by atoms with Crippen LogP contribution in [0.4, 0.5) is 37.8 Å². The van der Waals surface area contributed by atoms with Crippen LogP contribution < -0.4 is 5.32 Å². The highest BCUT2D eigenvalue weighted by Gasteiger charge is 2.39. The summed E-state index contributed by atoms with van der Waals surface area (Å²) in [5.41, 5.74) is 4.62. The minimum atomic E-state index is -5.08. The number of carboxylic acids is 2. The number of aromatic amines is 1. The quantitative estimate of drug-likeness (QED) is 0.239. The normalized spacial score (nSPS) is 15.5. The number of rotatable bonds is 1. The molecule has 0 aromatic carbocycles. The molecule has 0 radical (unpaired) electrons. The molecule has 1 amide bonds. The third-order valence-corrected chi connectivity index (χ3v) is 5.59. The van der Waals surface area contributed by atoms with Gasteiger partial charge < -0.3 is 25.4 Å². The number of nitrogens with zero attached hydrogens (tertiary/aromatic N) is 4. The molecule has 0 spiro atoms. The largest absolute Gasteiger partial charge is 0.490 e. The Bertz CT molecular complexity index is 1320. The zero-order valence-electron chi connectivity index (χ0n) is 20.3. The van der Waals surface area contributed by atoms with Crippen molar-refractivity contribution >= 4 is 29.4 Å². The number of likely N-dealkylation sites (tertiary alicyclic amines) is 1. The molecule has 40 heavy (non-hydrogen) atoms. The van der Waals surface area contributed by atoms with Gasteiger partial charge in [0.25, 0.3) is 0 Å². The van der Waals surface area contributed by atoms with Gasteiger partial charge in [0.15, 0.2) is 0 Å². The number of hydrogen-bond donors (Lipinski definition) is 4. The summed E-state index contributed by atoms with van der Waals surface area (Å²) in [6, 6.07) is 5.88. The van der Waals surface area contributed by atoms with Crippen LogP contribution in [0.25, 0.3) is 22.5 Å². The number of amides is 1. The average molecular weight is 574 g/mol. The van der Waals surface area contributed by atoms with E-state index in [9.17, 15) is 31.1 Å². The molecule has 0 aliphatic carbocycles. The van der Waals surface area contributed by atoms with Gasteiger partial charge in [0, 0.05) is 37.0 Å². The Morgan fingerprint density at radius 3 is 2.20 bits per heavy atom. The number of anilines is 2. The van der Waals surface area contributed by atoms with E-state index in [1.54, 1.807) is 25.5 Å². The number of carbonyl (C=O) groups excluding carboxylic acids is 1. The van der Waals surface area contributed by atoms with Crippen LogP contribution >= 0.6 is 0 Å². The van der Waals surface area contributed by atoms with E-state index in [1.165, 1.54) is 0 Å². The predicted molar refractivity (Wildman–Crippen MR) is 125 cm³/mol. The third kappa shape index (κ3) is 6.83. The van der Waals surface area contributed by atoms with Crippen molar-refractivity contribution in [1.82, 2.24) is 24.8 Å². The van der Waals surface area contributed by atoms with E-state index in [0.717, 1.165) is 59.2 Å². The fraction of sp³-hybridized carbons (Fsp3) is 0.304. The van der Waals surface area contributed by atoms with Crippen LogP contribution in [0, 0.1) is 0 Å². The summed E-state index contributed by atoms with van der Waals surface area (Å²) in [6.45, 7) is 2.40. The van der Waals surface area contributed by atoms with E-state index >= 15 is 0 Å². The average Bonchev–Trinajstić information content (AvgIpc) is 3.50. The van der Waals surface area contributed by atoms with Crippen LogP contribution in [-0.4, -0.2) is 71.8 Å². The third-order valence-electron chi connectivity index (χ3n) is 5.59. The molecule has 2 aliphatic heterocycles. The SMILES string of the molecule is CC(=O)N1CCCC1c1nc2c([nH]1)-c1ccncc1Nc1ncccc1-2.O=C(O)C(F)(F)F.O=C(O)C(F)(F)F. The number of fused-ring (bicyclic) bond motifs is 5. The Morgan fingerprint density at radius 1 is 1.00 bits per heavy atom. The zero-order valence-corrected chi connectivity index (χ0v) is 20.3. The first-order valence-corrected chi connectivity index (χ1v) is 11.2. The lowest BCUT2D eigenvalue weighted by molar-refractivity contribution is -0.193. The Balaban J connectivity index is 0.000000263. The molecule has 17 heteroatoms. The van der Waals surface area contributed by atoms with E-state index in [1.807, 2.05) is 23.1 Å². The Labute approximate surface area is 220 Å². The fourth-order valence-corrected chi connectivity index (χ4v) is 3.90. The topological polar surface area (TPSA) is 161 Å². The van der Waals surface area contributed by atoms with Gasteiger partial charge in [0.2, 0.25) is 5.91 Å². The Hall–Kier alpha value is -4.70. The first-order valence-electron chi connectivity index (χ1n) is 11.2. The van der Waals surface area contributed by atoms with E-state index < -0.39 is 24.3 Å². The van der Waals surface area contributed by atoms with Crippen molar-refractivity contribution in [1.29, 1.82) is 0 Å². The van der Waals surface area contributed by atoms with Gasteiger partial charge in [-0.15, -0.1) is 0 Å². The maximum Gasteiger partial charge on any atom is 0.490 e. The second-order valence-corrected chi connectivity index (χ2v) is 8.27. The molecule has 1 atom stereocenters. The molecular formula is C23H20F6N6O5. The van der Waals surface area contributed by atoms with Gasteiger partial charge in [-0.25, -0.2) is 19.6 Å². The Morgan fingerprint density at radius 2 is 1.62 bits per heavy atom. The number of pyridine rings is 2. The number of halogens is 6. The van der Waals surface area contributed by atoms with Gasteiger partial charge in [-0.2, -0.15) is 26.3 Å². The first-order chi connectivity index (χ1) is 18.6. The number of nitrogens with one attached hydrogen (secondary N) is 2. The minimum Gasteiger partial charge on any atom is -0.475 e. The van der Waals surface area contributed by atoms with Gasteiger partial charge in [-0.05, 0) is 31.0 Å². The van der Waals surface area contributed by atoms with Crippen LogP contribution in [0.15, 0.2) is 36.8 Å². The second kappa shape index (κ2) is 11.6. The molecule has 2 aliphatic rings. The smallest absolute Gasteiger partial charge is 0.475 e. The highest BCUT2D eigenvalue weighted by molar-refractivity contribution is 5.94. The molecule has 1 fully saturated rings. The lowest BCUT2D eigenvalue weighted by Crippen LogP contribution is -2.28. The molecule has 0 bridgehead atoms. The maximum atomic E-state index is 12.0. The highest BCUT2D eigenvalue weighted by atomic mass is 19.4. The number of hydrogen-bond acceptors (Lipinski definition) is 7. The lowest BCUT2D eigenvalue weighted by atomic mass is 10.1. The number of aliphatic carboxylic acids is 2. The summed E-state index contributed by atoms with van der Waals surface area (Å²) >= 11 is 0. The van der Waals surface area contributed by atoms with Crippen LogP contribution in [-0.2, 0) is 14.4 Å².